The number of hydrogen-bond acceptors (Lipinski definition) is 3. The summed E-state index contributed by atoms with van der Waals surface area (Å²) in [6.07, 6.45) is 0.885. The van der Waals surface area contributed by atoms with Crippen molar-refractivity contribution in [3.63, 3.8) is 0 Å². The van der Waals surface area contributed by atoms with Crippen molar-refractivity contribution in [3.8, 4) is 11.5 Å². The number of carbonyl (C=O) groups excluding carboxylic acids is 1. The monoisotopic (exact) mass is 242 g/mol. The van der Waals surface area contributed by atoms with Crippen molar-refractivity contribution >= 4 is 17.4 Å². The number of alkyl halides is 1. The second-order valence-electron chi connectivity index (χ2n) is 3.51. The standard InChI is InChI=1S/C12H15ClO3/c1-3-6-16-9-4-5-11(14)10(7-9)12(15)8(2)13/h4-5,7-8,14H,3,6H2,1-2H3. The maximum atomic E-state index is 11.6. The summed E-state index contributed by atoms with van der Waals surface area (Å²) in [6, 6.07) is 4.59. The normalized spacial score (nSPS) is 12.2. The number of ketones is 1. The van der Waals surface area contributed by atoms with Crippen LogP contribution in [0.3, 0.4) is 0 Å². The Morgan fingerprint density at radius 3 is 2.81 bits per heavy atom. The van der Waals surface area contributed by atoms with Gasteiger partial charge < -0.3 is 9.84 Å². The van der Waals surface area contributed by atoms with E-state index in [1.807, 2.05) is 6.92 Å². The van der Waals surface area contributed by atoms with Crippen molar-refractivity contribution in [1.82, 2.24) is 0 Å². The zero-order valence-corrected chi connectivity index (χ0v) is 10.1. The lowest BCUT2D eigenvalue weighted by Gasteiger charge is -2.09. The van der Waals surface area contributed by atoms with Crippen LogP contribution < -0.4 is 4.74 Å². The van der Waals surface area contributed by atoms with Gasteiger partial charge in [0.25, 0.3) is 0 Å². The fourth-order valence-corrected chi connectivity index (χ4v) is 1.35. The summed E-state index contributed by atoms with van der Waals surface area (Å²) in [5.74, 6) is 0.197. The van der Waals surface area contributed by atoms with Gasteiger partial charge in [0.15, 0.2) is 5.78 Å². The Labute approximate surface area is 100.0 Å². The van der Waals surface area contributed by atoms with E-state index in [0.29, 0.717) is 12.4 Å². The van der Waals surface area contributed by atoms with Crippen LogP contribution in [0.5, 0.6) is 11.5 Å². The molecule has 1 atom stereocenters. The maximum absolute atomic E-state index is 11.6. The molecule has 1 rings (SSSR count). The van der Waals surface area contributed by atoms with E-state index in [4.69, 9.17) is 16.3 Å². The van der Waals surface area contributed by atoms with Gasteiger partial charge >= 0.3 is 0 Å². The van der Waals surface area contributed by atoms with Crippen LogP contribution in [0.2, 0.25) is 0 Å². The molecule has 0 spiro atoms. The third-order valence-electron chi connectivity index (χ3n) is 2.07. The molecule has 16 heavy (non-hydrogen) atoms. The molecule has 0 amide bonds. The number of Topliss-reactive ketones (excluding diaryl/α,β-unsaturated/α-hetero) is 1. The molecule has 1 unspecified atom stereocenters. The molecule has 3 nitrogen and oxygen atoms in total. The van der Waals surface area contributed by atoms with Gasteiger partial charge in [0.05, 0.1) is 17.5 Å². The van der Waals surface area contributed by atoms with Crippen LogP contribution in [0.4, 0.5) is 0 Å². The van der Waals surface area contributed by atoms with Gasteiger partial charge in [0.2, 0.25) is 0 Å². The summed E-state index contributed by atoms with van der Waals surface area (Å²) in [5, 5.41) is 8.88. The number of ether oxygens (including phenoxy) is 1. The van der Waals surface area contributed by atoms with Crippen molar-refractivity contribution in [2.24, 2.45) is 0 Å². The van der Waals surface area contributed by atoms with E-state index in [1.54, 1.807) is 13.0 Å². The lowest BCUT2D eigenvalue weighted by atomic mass is 10.1. The van der Waals surface area contributed by atoms with Gasteiger partial charge in [-0.15, -0.1) is 11.6 Å². The topological polar surface area (TPSA) is 46.5 Å². The Hall–Kier alpha value is -1.22. The zero-order valence-electron chi connectivity index (χ0n) is 9.37. The smallest absolute Gasteiger partial charge is 0.184 e. The largest absolute Gasteiger partial charge is 0.507 e. The summed E-state index contributed by atoms with van der Waals surface area (Å²) in [5.41, 5.74) is 0.205. The molecule has 0 saturated heterocycles. The quantitative estimate of drug-likeness (QED) is 0.638. The van der Waals surface area contributed by atoms with Crippen molar-refractivity contribution in [1.29, 1.82) is 0 Å². The molecule has 0 aliphatic heterocycles. The lowest BCUT2D eigenvalue weighted by Crippen LogP contribution is -2.11. The third-order valence-corrected chi connectivity index (χ3v) is 2.27. The molecule has 1 aromatic carbocycles. The first kappa shape index (κ1) is 12.8. The molecule has 0 fully saturated rings. The summed E-state index contributed by atoms with van der Waals surface area (Å²) in [4.78, 5) is 11.6. The third kappa shape index (κ3) is 3.14. The molecule has 0 saturated carbocycles. The van der Waals surface area contributed by atoms with Gasteiger partial charge in [0, 0.05) is 0 Å². The Balaban J connectivity index is 2.94. The highest BCUT2D eigenvalue weighted by atomic mass is 35.5. The molecule has 4 heteroatoms. The highest BCUT2D eigenvalue weighted by molar-refractivity contribution is 6.33. The van der Waals surface area contributed by atoms with Crippen molar-refractivity contribution in [3.05, 3.63) is 23.8 Å². The molecule has 1 aromatic rings. The second kappa shape index (κ2) is 5.75. The Morgan fingerprint density at radius 1 is 1.56 bits per heavy atom. The van der Waals surface area contributed by atoms with E-state index >= 15 is 0 Å². The highest BCUT2D eigenvalue weighted by Crippen LogP contribution is 2.25. The van der Waals surface area contributed by atoms with Crippen LogP contribution in [-0.4, -0.2) is 22.9 Å². The number of aromatic hydroxyl groups is 1. The molecule has 0 aliphatic rings. The molecule has 0 aliphatic carbocycles. The van der Waals surface area contributed by atoms with Crippen LogP contribution >= 0.6 is 11.6 Å². The fraction of sp³-hybridized carbons (Fsp3) is 0.417. The van der Waals surface area contributed by atoms with Crippen LogP contribution in [0, 0.1) is 0 Å². The van der Waals surface area contributed by atoms with Gasteiger partial charge in [0.1, 0.15) is 11.5 Å². The Kier molecular flexibility index (Phi) is 4.62. The number of hydrogen-bond donors (Lipinski definition) is 1. The number of carbonyl (C=O) groups is 1. The van der Waals surface area contributed by atoms with Crippen LogP contribution in [-0.2, 0) is 0 Å². The fourth-order valence-electron chi connectivity index (χ4n) is 1.24. The molecule has 0 bridgehead atoms. The first-order valence-electron chi connectivity index (χ1n) is 5.20. The van der Waals surface area contributed by atoms with E-state index in [1.165, 1.54) is 12.1 Å². The minimum atomic E-state index is -0.660. The van der Waals surface area contributed by atoms with Crippen molar-refractivity contribution < 1.29 is 14.6 Å². The molecule has 0 radical (unpaired) electrons. The van der Waals surface area contributed by atoms with Crippen LogP contribution in [0.25, 0.3) is 0 Å². The van der Waals surface area contributed by atoms with E-state index < -0.39 is 5.38 Å². The average Bonchev–Trinajstić information content (AvgIpc) is 2.27. The second-order valence-corrected chi connectivity index (χ2v) is 4.16. The molecule has 0 aromatic heterocycles. The summed E-state index contributed by atoms with van der Waals surface area (Å²) in [7, 11) is 0. The first-order chi connectivity index (χ1) is 7.56. The van der Waals surface area contributed by atoms with E-state index in [0.717, 1.165) is 6.42 Å². The summed E-state index contributed by atoms with van der Waals surface area (Å²) >= 11 is 5.69. The van der Waals surface area contributed by atoms with E-state index in [2.05, 4.69) is 0 Å². The van der Waals surface area contributed by atoms with Gasteiger partial charge in [-0.05, 0) is 31.5 Å². The summed E-state index contributed by atoms with van der Waals surface area (Å²) < 4.78 is 5.37. The van der Waals surface area contributed by atoms with Gasteiger partial charge in [-0.2, -0.15) is 0 Å². The predicted octanol–water partition coefficient (Wildman–Crippen LogP) is 2.99. The number of halogens is 1. The van der Waals surface area contributed by atoms with Crippen LogP contribution in [0.15, 0.2) is 18.2 Å². The Morgan fingerprint density at radius 2 is 2.25 bits per heavy atom. The minimum Gasteiger partial charge on any atom is -0.507 e. The number of phenolic OH excluding ortho intramolecular Hbond substituents is 1. The van der Waals surface area contributed by atoms with Gasteiger partial charge in [-0.1, -0.05) is 6.92 Å². The highest BCUT2D eigenvalue weighted by Gasteiger charge is 2.17. The molecular weight excluding hydrogens is 228 g/mol. The predicted molar refractivity (Wildman–Crippen MR) is 63.5 cm³/mol. The molecule has 1 N–H and O–H groups in total. The number of rotatable bonds is 5. The molecule has 0 heterocycles. The summed E-state index contributed by atoms with van der Waals surface area (Å²) in [6.45, 7) is 4.14. The minimum absolute atomic E-state index is 0.0682. The number of benzene rings is 1. The van der Waals surface area contributed by atoms with E-state index in [9.17, 15) is 9.90 Å². The molecule has 88 valence electrons. The lowest BCUT2D eigenvalue weighted by molar-refractivity contribution is 0.0988. The average molecular weight is 243 g/mol. The van der Waals surface area contributed by atoms with Gasteiger partial charge in [-0.3, -0.25) is 4.79 Å². The number of phenols is 1. The SMILES string of the molecule is CCCOc1ccc(O)c(C(=O)C(C)Cl)c1. The van der Waals surface area contributed by atoms with Crippen molar-refractivity contribution in [2.45, 2.75) is 25.6 Å². The Bertz CT molecular complexity index is 375. The van der Waals surface area contributed by atoms with Crippen LogP contribution in [0.1, 0.15) is 30.6 Å². The first-order valence-corrected chi connectivity index (χ1v) is 5.64. The van der Waals surface area contributed by atoms with Crippen molar-refractivity contribution in [2.75, 3.05) is 6.61 Å². The van der Waals surface area contributed by atoms with Gasteiger partial charge in [-0.25, -0.2) is 0 Å². The van der Waals surface area contributed by atoms with E-state index in [-0.39, 0.29) is 17.1 Å². The maximum Gasteiger partial charge on any atom is 0.184 e. The zero-order chi connectivity index (χ0) is 12.1. The molecular formula is C12H15ClO3.